The minimum absolute atomic E-state index is 0.638. The van der Waals surface area contributed by atoms with Gasteiger partial charge in [0.1, 0.15) is 0 Å². The molecule has 0 saturated heterocycles. The summed E-state index contributed by atoms with van der Waals surface area (Å²) < 4.78 is 0. The van der Waals surface area contributed by atoms with Gasteiger partial charge in [-0.1, -0.05) is 12.1 Å². The van der Waals surface area contributed by atoms with Gasteiger partial charge in [0.05, 0.1) is 11.2 Å². The molecule has 2 heterocycles. The Hall–Kier alpha value is -1.44. The molecule has 1 aliphatic heterocycles. The van der Waals surface area contributed by atoms with Crippen LogP contribution < -0.4 is 5.32 Å². The lowest BCUT2D eigenvalue weighted by Gasteiger charge is -2.14. The van der Waals surface area contributed by atoms with E-state index in [0.29, 0.717) is 5.92 Å². The van der Waals surface area contributed by atoms with E-state index >= 15 is 0 Å². The highest BCUT2D eigenvalue weighted by Crippen LogP contribution is 2.48. The molecular weight excluding hydrogens is 148 g/mol. The largest absolute Gasteiger partial charge is 0.382 e. The van der Waals surface area contributed by atoms with Crippen molar-refractivity contribution in [2.75, 3.05) is 11.9 Å². The third-order valence-electron chi connectivity index (χ3n) is 3.15. The Morgan fingerprint density at radius 2 is 2.25 bits per heavy atom. The number of H-pyrrole nitrogens is 1. The van der Waals surface area contributed by atoms with Gasteiger partial charge in [0.2, 0.25) is 0 Å². The lowest BCUT2D eigenvalue weighted by molar-refractivity contribution is 0.911. The van der Waals surface area contributed by atoms with E-state index in [-0.39, 0.29) is 0 Å². The smallest absolute Gasteiger partial charge is 0.0695 e. The number of anilines is 1. The predicted molar refractivity (Wildman–Crippen MR) is 48.6 cm³/mol. The fourth-order valence-electron chi connectivity index (χ4n) is 2.60. The van der Waals surface area contributed by atoms with E-state index in [1.165, 1.54) is 27.7 Å². The first-order valence-corrected chi connectivity index (χ1v) is 4.33. The van der Waals surface area contributed by atoms with E-state index in [2.05, 4.69) is 28.6 Å². The summed E-state index contributed by atoms with van der Waals surface area (Å²) in [5.74, 6) is 0.638. The molecule has 2 aromatic rings. The standard InChI is InChI=1S/C10H8N2/c1-2-6-8-4-12-10(6)9-5(1)7(8)3-11-9/h1-3,8,11-12H,4H2. The number of fused-ring (bicyclic) bond motifs is 1. The van der Waals surface area contributed by atoms with Gasteiger partial charge in [0, 0.05) is 24.0 Å². The maximum atomic E-state index is 3.45. The van der Waals surface area contributed by atoms with Crippen molar-refractivity contribution in [1.82, 2.24) is 4.98 Å². The Morgan fingerprint density at radius 1 is 1.25 bits per heavy atom. The first-order chi connectivity index (χ1) is 5.95. The number of aromatic nitrogens is 1. The second-order valence-electron chi connectivity index (χ2n) is 3.63. The predicted octanol–water partition coefficient (Wildman–Crippen LogP) is 2.04. The van der Waals surface area contributed by atoms with Gasteiger partial charge in [-0.15, -0.1) is 0 Å². The van der Waals surface area contributed by atoms with Crippen LogP contribution in [0.25, 0.3) is 10.9 Å². The van der Waals surface area contributed by atoms with E-state index in [4.69, 9.17) is 0 Å². The Kier molecular flexibility index (Phi) is 0.602. The molecule has 2 nitrogen and oxygen atoms in total. The van der Waals surface area contributed by atoms with Crippen LogP contribution >= 0.6 is 0 Å². The van der Waals surface area contributed by atoms with Crippen molar-refractivity contribution in [3.05, 3.63) is 29.5 Å². The molecule has 2 aliphatic carbocycles. The van der Waals surface area contributed by atoms with Crippen molar-refractivity contribution in [2.45, 2.75) is 5.92 Å². The molecule has 2 N–H and O–H groups in total. The first kappa shape index (κ1) is 5.25. The van der Waals surface area contributed by atoms with Gasteiger partial charge in [-0.3, -0.25) is 0 Å². The first-order valence-electron chi connectivity index (χ1n) is 4.33. The average Bonchev–Trinajstić information content (AvgIpc) is 2.56. The molecule has 0 saturated carbocycles. The van der Waals surface area contributed by atoms with Crippen molar-refractivity contribution >= 4 is 16.6 Å². The van der Waals surface area contributed by atoms with Crippen LogP contribution in [0, 0.1) is 0 Å². The summed E-state index contributed by atoms with van der Waals surface area (Å²) in [5.41, 5.74) is 5.61. The SMILES string of the molecule is c1cc2c3c[nH]c2c2c1C3CN2. The molecule has 0 amide bonds. The van der Waals surface area contributed by atoms with Gasteiger partial charge < -0.3 is 10.3 Å². The summed E-state index contributed by atoms with van der Waals surface area (Å²) >= 11 is 0. The van der Waals surface area contributed by atoms with Gasteiger partial charge in [0.25, 0.3) is 0 Å². The number of nitrogens with one attached hydrogen (secondary N) is 2. The Balaban J connectivity index is 2.44. The molecule has 1 unspecified atom stereocenters. The number of aromatic amines is 1. The molecule has 6 bridgehead atoms. The topological polar surface area (TPSA) is 27.8 Å². The maximum Gasteiger partial charge on any atom is 0.0695 e. The highest BCUT2D eigenvalue weighted by atomic mass is 15.0. The van der Waals surface area contributed by atoms with Crippen molar-refractivity contribution in [3.63, 3.8) is 0 Å². The number of hydrogen-bond acceptors (Lipinski definition) is 1. The van der Waals surface area contributed by atoms with Crippen LogP contribution in [-0.2, 0) is 0 Å². The summed E-state index contributed by atoms with van der Waals surface area (Å²) in [6, 6.07) is 4.48. The van der Waals surface area contributed by atoms with Crippen LogP contribution in [0.2, 0.25) is 0 Å². The fraction of sp³-hybridized carbons (Fsp3) is 0.200. The fourth-order valence-corrected chi connectivity index (χ4v) is 2.60. The van der Waals surface area contributed by atoms with E-state index in [1.54, 1.807) is 0 Å². The Labute approximate surface area is 69.6 Å². The molecule has 58 valence electrons. The summed E-state index contributed by atoms with van der Waals surface area (Å²) in [7, 11) is 0. The zero-order valence-corrected chi connectivity index (χ0v) is 6.52. The molecule has 5 rings (SSSR count). The van der Waals surface area contributed by atoms with Crippen molar-refractivity contribution in [3.8, 4) is 0 Å². The van der Waals surface area contributed by atoms with Crippen molar-refractivity contribution in [1.29, 1.82) is 0 Å². The molecule has 12 heavy (non-hydrogen) atoms. The normalized spacial score (nSPS) is 22.5. The third-order valence-corrected chi connectivity index (χ3v) is 3.15. The zero-order valence-electron chi connectivity index (χ0n) is 6.52. The van der Waals surface area contributed by atoms with Crippen LogP contribution in [0.4, 0.5) is 5.69 Å². The maximum absolute atomic E-state index is 3.45. The van der Waals surface area contributed by atoms with Crippen LogP contribution in [-0.4, -0.2) is 11.5 Å². The monoisotopic (exact) mass is 156 g/mol. The molecule has 0 fully saturated rings. The molecule has 3 aliphatic rings. The number of benzene rings is 1. The molecule has 1 aromatic heterocycles. The van der Waals surface area contributed by atoms with Gasteiger partial charge in [0.15, 0.2) is 0 Å². The Bertz CT molecular complexity index is 496. The van der Waals surface area contributed by atoms with Gasteiger partial charge in [-0.2, -0.15) is 0 Å². The van der Waals surface area contributed by atoms with Crippen LogP contribution in [0.3, 0.4) is 0 Å². The highest BCUT2D eigenvalue weighted by Gasteiger charge is 2.32. The summed E-state index contributed by atoms with van der Waals surface area (Å²) in [6.07, 6.45) is 2.16. The second-order valence-corrected chi connectivity index (χ2v) is 3.63. The van der Waals surface area contributed by atoms with Crippen LogP contribution in [0.1, 0.15) is 17.0 Å². The molecule has 2 heteroatoms. The quantitative estimate of drug-likeness (QED) is 0.600. The molecule has 1 aromatic carbocycles. The lowest BCUT2D eigenvalue weighted by Crippen LogP contribution is -2.03. The van der Waals surface area contributed by atoms with E-state index < -0.39 is 0 Å². The van der Waals surface area contributed by atoms with Gasteiger partial charge in [-0.05, 0) is 11.1 Å². The van der Waals surface area contributed by atoms with E-state index in [1.807, 2.05) is 0 Å². The van der Waals surface area contributed by atoms with Crippen LogP contribution in [0.15, 0.2) is 18.3 Å². The average molecular weight is 156 g/mol. The van der Waals surface area contributed by atoms with Gasteiger partial charge >= 0.3 is 0 Å². The van der Waals surface area contributed by atoms with Gasteiger partial charge in [-0.25, -0.2) is 0 Å². The van der Waals surface area contributed by atoms with E-state index in [9.17, 15) is 0 Å². The lowest BCUT2D eigenvalue weighted by atomic mass is 9.87. The molecule has 0 spiro atoms. The van der Waals surface area contributed by atoms with Crippen LogP contribution in [0.5, 0.6) is 0 Å². The molecular formula is C10H8N2. The molecule has 1 atom stereocenters. The number of hydrogen-bond donors (Lipinski definition) is 2. The summed E-state index contributed by atoms with van der Waals surface area (Å²) in [6.45, 7) is 1.09. The highest BCUT2D eigenvalue weighted by molar-refractivity contribution is 6.01. The minimum atomic E-state index is 0.638. The van der Waals surface area contributed by atoms with E-state index in [0.717, 1.165) is 6.54 Å². The zero-order chi connectivity index (χ0) is 7.71. The minimum Gasteiger partial charge on any atom is -0.382 e. The number of rotatable bonds is 0. The third kappa shape index (κ3) is 0.347. The second kappa shape index (κ2) is 1.38. The Morgan fingerprint density at radius 3 is 3.25 bits per heavy atom. The van der Waals surface area contributed by atoms with Crippen molar-refractivity contribution in [2.24, 2.45) is 0 Å². The molecule has 0 radical (unpaired) electrons. The van der Waals surface area contributed by atoms with Crippen molar-refractivity contribution < 1.29 is 0 Å². The summed E-state index contributed by atoms with van der Waals surface area (Å²) in [5, 5.41) is 4.86. The summed E-state index contributed by atoms with van der Waals surface area (Å²) in [4.78, 5) is 3.33.